The fraction of sp³-hybridized carbons (Fsp3) is 0.875. The topological polar surface area (TPSA) is 27.0 Å². The van der Waals surface area contributed by atoms with Gasteiger partial charge in [0, 0.05) is 13.1 Å². The van der Waals surface area contributed by atoms with Gasteiger partial charge in [0.1, 0.15) is 0 Å². The number of rotatable bonds is 0. The van der Waals surface area contributed by atoms with Crippen molar-refractivity contribution in [3.63, 3.8) is 0 Å². The molecule has 0 saturated carbocycles. The molecule has 1 aliphatic heterocycles. The minimum atomic E-state index is 0.466. The van der Waals surface area contributed by atoms with E-state index in [0.717, 1.165) is 25.9 Å². The summed E-state index contributed by atoms with van der Waals surface area (Å²) >= 11 is 0. The molecule has 1 saturated heterocycles. The summed E-state index contributed by atoms with van der Waals surface area (Å²) < 4.78 is 0. The zero-order chi connectivity index (χ0) is 7.61. The Morgan fingerprint density at radius 3 is 2.20 bits per heavy atom. The van der Waals surface area contributed by atoms with Crippen LogP contribution in [0, 0.1) is 16.9 Å². The van der Waals surface area contributed by atoms with Crippen LogP contribution in [0.4, 0.5) is 0 Å². The van der Waals surface area contributed by atoms with Crippen molar-refractivity contribution in [2.75, 3.05) is 13.1 Å². The highest BCUT2D eigenvalue weighted by atomic mass is 15.1. The third kappa shape index (κ3) is 1.63. The summed E-state index contributed by atoms with van der Waals surface area (Å²) in [5.74, 6) is 0. The Kier molecular flexibility index (Phi) is 1.85. The summed E-state index contributed by atoms with van der Waals surface area (Å²) in [6.45, 7) is 6.43. The van der Waals surface area contributed by atoms with Gasteiger partial charge in [-0.15, -0.1) is 0 Å². The monoisotopic (exact) mass is 138 g/mol. The lowest BCUT2D eigenvalue weighted by atomic mass is 9.83. The summed E-state index contributed by atoms with van der Waals surface area (Å²) in [6, 6.07) is 0. The number of likely N-dealkylation sites (tertiary alicyclic amines) is 1. The van der Waals surface area contributed by atoms with Crippen molar-refractivity contribution < 1.29 is 0 Å². The highest BCUT2D eigenvalue weighted by Gasteiger charge is 2.24. The van der Waals surface area contributed by atoms with E-state index in [0.29, 0.717) is 5.41 Å². The van der Waals surface area contributed by atoms with Crippen LogP contribution in [0.25, 0.3) is 0 Å². The van der Waals surface area contributed by atoms with E-state index in [1.165, 1.54) is 0 Å². The zero-order valence-electron chi connectivity index (χ0n) is 6.72. The summed E-state index contributed by atoms with van der Waals surface area (Å²) in [6.07, 6.45) is 4.48. The van der Waals surface area contributed by atoms with Gasteiger partial charge in [-0.1, -0.05) is 13.8 Å². The molecule has 2 heteroatoms. The van der Waals surface area contributed by atoms with Crippen LogP contribution in [0.15, 0.2) is 0 Å². The van der Waals surface area contributed by atoms with Crippen molar-refractivity contribution >= 4 is 0 Å². The highest BCUT2D eigenvalue weighted by molar-refractivity contribution is 4.84. The average Bonchev–Trinajstić information content (AvgIpc) is 1.88. The summed E-state index contributed by atoms with van der Waals surface area (Å²) in [4.78, 5) is 1.84. The fourth-order valence-electron chi connectivity index (χ4n) is 1.21. The lowest BCUT2D eigenvalue weighted by molar-refractivity contribution is 0.179. The first-order valence-electron chi connectivity index (χ1n) is 3.79. The van der Waals surface area contributed by atoms with E-state index in [4.69, 9.17) is 5.26 Å². The lowest BCUT2D eigenvalue weighted by Gasteiger charge is -2.33. The summed E-state index contributed by atoms with van der Waals surface area (Å²) in [5.41, 5.74) is 0.466. The van der Waals surface area contributed by atoms with E-state index in [9.17, 15) is 0 Å². The number of hydrogen-bond acceptors (Lipinski definition) is 2. The van der Waals surface area contributed by atoms with Gasteiger partial charge in [0.2, 0.25) is 0 Å². The van der Waals surface area contributed by atoms with Gasteiger partial charge < -0.3 is 4.90 Å². The molecule has 0 aromatic heterocycles. The van der Waals surface area contributed by atoms with Gasteiger partial charge in [-0.05, 0) is 18.3 Å². The van der Waals surface area contributed by atoms with Crippen molar-refractivity contribution in [2.24, 2.45) is 5.41 Å². The quantitative estimate of drug-likeness (QED) is 0.475. The first kappa shape index (κ1) is 7.40. The van der Waals surface area contributed by atoms with Crippen molar-refractivity contribution in [2.45, 2.75) is 26.7 Å². The molecule has 1 heterocycles. The number of nitrogens with zero attached hydrogens (tertiary/aromatic N) is 2. The van der Waals surface area contributed by atoms with E-state index >= 15 is 0 Å². The van der Waals surface area contributed by atoms with Crippen LogP contribution in [0.3, 0.4) is 0 Å². The molecule has 0 bridgehead atoms. The summed E-state index contributed by atoms with van der Waals surface area (Å²) in [5, 5.41) is 8.54. The van der Waals surface area contributed by atoms with Gasteiger partial charge >= 0.3 is 0 Å². The van der Waals surface area contributed by atoms with Crippen molar-refractivity contribution in [1.82, 2.24) is 4.90 Å². The summed E-state index contributed by atoms with van der Waals surface area (Å²) in [7, 11) is 0. The van der Waals surface area contributed by atoms with Crippen molar-refractivity contribution in [3.8, 4) is 6.19 Å². The number of hydrogen-bond donors (Lipinski definition) is 0. The predicted molar refractivity (Wildman–Crippen MR) is 40.2 cm³/mol. The maximum atomic E-state index is 8.54. The van der Waals surface area contributed by atoms with Crippen LogP contribution in [0.5, 0.6) is 0 Å². The fourth-order valence-corrected chi connectivity index (χ4v) is 1.21. The van der Waals surface area contributed by atoms with Gasteiger partial charge in [-0.25, -0.2) is 0 Å². The smallest absolute Gasteiger partial charge is 0.179 e. The second-order valence-corrected chi connectivity index (χ2v) is 3.75. The van der Waals surface area contributed by atoms with Crippen LogP contribution in [-0.2, 0) is 0 Å². The molecule has 0 aromatic carbocycles. The van der Waals surface area contributed by atoms with Crippen molar-refractivity contribution in [3.05, 3.63) is 0 Å². The third-order valence-corrected chi connectivity index (χ3v) is 2.26. The molecule has 0 radical (unpaired) electrons. The van der Waals surface area contributed by atoms with Gasteiger partial charge in [0.05, 0.1) is 0 Å². The molecule has 0 unspecified atom stereocenters. The Bertz CT molecular complexity index is 145. The maximum absolute atomic E-state index is 8.54. The first-order chi connectivity index (χ1) is 4.64. The molecule has 1 aliphatic rings. The minimum Gasteiger partial charge on any atom is -0.311 e. The van der Waals surface area contributed by atoms with E-state index in [1.807, 2.05) is 4.90 Å². The third-order valence-electron chi connectivity index (χ3n) is 2.26. The van der Waals surface area contributed by atoms with Crippen LogP contribution in [-0.4, -0.2) is 18.0 Å². The molecular weight excluding hydrogens is 124 g/mol. The second-order valence-electron chi connectivity index (χ2n) is 3.75. The molecule has 1 fully saturated rings. The molecule has 0 aliphatic carbocycles. The normalized spacial score (nSPS) is 23.9. The number of nitriles is 1. The van der Waals surface area contributed by atoms with E-state index < -0.39 is 0 Å². The molecule has 56 valence electrons. The standard InChI is InChI=1S/C8H14N2/c1-8(2)3-5-10(7-9)6-4-8/h3-6H2,1-2H3. The Balaban J connectivity index is 2.40. The van der Waals surface area contributed by atoms with Crippen LogP contribution >= 0.6 is 0 Å². The SMILES string of the molecule is CC1(C)CCN(C#N)CC1. The second kappa shape index (κ2) is 2.49. The minimum absolute atomic E-state index is 0.466. The Labute approximate surface area is 62.4 Å². The van der Waals surface area contributed by atoms with E-state index in [1.54, 1.807) is 0 Å². The molecule has 2 nitrogen and oxygen atoms in total. The Hall–Kier alpha value is -0.710. The highest BCUT2D eigenvalue weighted by Crippen LogP contribution is 2.28. The van der Waals surface area contributed by atoms with Crippen molar-refractivity contribution in [1.29, 1.82) is 5.26 Å². The Morgan fingerprint density at radius 2 is 1.80 bits per heavy atom. The largest absolute Gasteiger partial charge is 0.311 e. The first-order valence-corrected chi connectivity index (χ1v) is 3.79. The molecular formula is C8H14N2. The van der Waals surface area contributed by atoms with E-state index in [-0.39, 0.29) is 0 Å². The van der Waals surface area contributed by atoms with Crippen LogP contribution in [0.1, 0.15) is 26.7 Å². The van der Waals surface area contributed by atoms with Gasteiger partial charge in [-0.3, -0.25) is 0 Å². The van der Waals surface area contributed by atoms with Gasteiger partial charge in [0.25, 0.3) is 0 Å². The van der Waals surface area contributed by atoms with Gasteiger partial charge in [-0.2, -0.15) is 5.26 Å². The molecule has 0 spiro atoms. The Morgan fingerprint density at radius 1 is 1.30 bits per heavy atom. The molecule has 0 amide bonds. The molecule has 0 aromatic rings. The van der Waals surface area contributed by atoms with Crippen LogP contribution in [0.2, 0.25) is 0 Å². The molecule has 10 heavy (non-hydrogen) atoms. The molecule has 0 N–H and O–H groups in total. The van der Waals surface area contributed by atoms with Gasteiger partial charge in [0.15, 0.2) is 6.19 Å². The molecule has 0 atom stereocenters. The molecule has 1 rings (SSSR count). The van der Waals surface area contributed by atoms with Crippen LogP contribution < -0.4 is 0 Å². The van der Waals surface area contributed by atoms with E-state index in [2.05, 4.69) is 20.0 Å². The number of piperidine rings is 1. The average molecular weight is 138 g/mol. The lowest BCUT2D eigenvalue weighted by Crippen LogP contribution is -2.33. The maximum Gasteiger partial charge on any atom is 0.179 e. The zero-order valence-corrected chi connectivity index (χ0v) is 6.72. The predicted octanol–water partition coefficient (Wildman–Crippen LogP) is 1.59.